The van der Waals surface area contributed by atoms with Crippen molar-refractivity contribution < 1.29 is 4.74 Å². The molecule has 3 rings (SSSR count). The predicted octanol–water partition coefficient (Wildman–Crippen LogP) is 4.61. The van der Waals surface area contributed by atoms with Gasteiger partial charge in [-0.1, -0.05) is 43.7 Å². The second kappa shape index (κ2) is 6.48. The summed E-state index contributed by atoms with van der Waals surface area (Å²) < 4.78 is 5.50. The summed E-state index contributed by atoms with van der Waals surface area (Å²) >= 11 is 0. The third kappa shape index (κ3) is 2.91. The molecule has 0 spiro atoms. The molecular weight excluding hydrogens is 258 g/mol. The van der Waals surface area contributed by atoms with E-state index in [2.05, 4.69) is 48.2 Å². The molecule has 0 amide bonds. The summed E-state index contributed by atoms with van der Waals surface area (Å²) in [6.07, 6.45) is 5.33. The number of likely N-dealkylation sites (tertiary alicyclic amines) is 1. The van der Waals surface area contributed by atoms with Crippen molar-refractivity contribution in [3.8, 4) is 5.75 Å². The van der Waals surface area contributed by atoms with Crippen LogP contribution >= 0.6 is 0 Å². The van der Waals surface area contributed by atoms with Gasteiger partial charge < -0.3 is 4.74 Å². The minimum Gasteiger partial charge on any atom is -0.496 e. The molecule has 0 aliphatic carbocycles. The van der Waals surface area contributed by atoms with Gasteiger partial charge in [0.25, 0.3) is 0 Å². The molecule has 2 heteroatoms. The van der Waals surface area contributed by atoms with Crippen LogP contribution in [-0.2, 0) is 6.54 Å². The predicted molar refractivity (Wildman–Crippen MR) is 88.8 cm³/mol. The Balaban J connectivity index is 1.93. The lowest BCUT2D eigenvalue weighted by molar-refractivity contribution is 0.136. The monoisotopic (exact) mass is 283 g/mol. The van der Waals surface area contributed by atoms with Crippen LogP contribution in [0.5, 0.6) is 5.75 Å². The maximum absolute atomic E-state index is 5.50. The van der Waals surface area contributed by atoms with Crippen LogP contribution in [0.1, 0.15) is 38.2 Å². The van der Waals surface area contributed by atoms with Crippen molar-refractivity contribution in [2.24, 2.45) is 0 Å². The van der Waals surface area contributed by atoms with Crippen molar-refractivity contribution in [1.82, 2.24) is 4.90 Å². The summed E-state index contributed by atoms with van der Waals surface area (Å²) in [5.74, 6) is 0.972. The van der Waals surface area contributed by atoms with Gasteiger partial charge in [0.1, 0.15) is 5.75 Å². The van der Waals surface area contributed by atoms with Gasteiger partial charge in [-0.15, -0.1) is 0 Å². The molecule has 0 saturated carbocycles. The number of fused-ring (bicyclic) bond motifs is 1. The van der Waals surface area contributed by atoms with Crippen LogP contribution in [-0.4, -0.2) is 24.6 Å². The molecule has 1 fully saturated rings. The second-order valence-corrected chi connectivity index (χ2v) is 6.00. The summed E-state index contributed by atoms with van der Waals surface area (Å²) in [4.78, 5) is 2.66. The molecule has 2 nitrogen and oxygen atoms in total. The molecule has 1 aliphatic rings. The van der Waals surface area contributed by atoms with E-state index < -0.39 is 0 Å². The number of piperidine rings is 1. The number of hydrogen-bond donors (Lipinski definition) is 0. The van der Waals surface area contributed by atoms with Crippen LogP contribution in [0.25, 0.3) is 10.8 Å². The molecular formula is C19H25NO. The van der Waals surface area contributed by atoms with Crippen LogP contribution in [0.3, 0.4) is 0 Å². The van der Waals surface area contributed by atoms with Crippen LogP contribution in [0, 0.1) is 0 Å². The lowest BCUT2D eigenvalue weighted by atomic mass is 9.97. The quantitative estimate of drug-likeness (QED) is 0.812. The lowest BCUT2D eigenvalue weighted by Crippen LogP contribution is -2.38. The molecule has 0 radical (unpaired) electrons. The zero-order valence-electron chi connectivity index (χ0n) is 13.1. The third-order valence-corrected chi connectivity index (χ3v) is 4.79. The van der Waals surface area contributed by atoms with Crippen molar-refractivity contribution in [3.63, 3.8) is 0 Å². The molecule has 1 heterocycles. The van der Waals surface area contributed by atoms with Crippen molar-refractivity contribution in [2.45, 2.75) is 45.2 Å². The highest BCUT2D eigenvalue weighted by atomic mass is 16.5. The average molecular weight is 283 g/mol. The first-order valence-corrected chi connectivity index (χ1v) is 8.12. The van der Waals surface area contributed by atoms with Gasteiger partial charge in [0.2, 0.25) is 0 Å². The van der Waals surface area contributed by atoms with Crippen molar-refractivity contribution in [1.29, 1.82) is 0 Å². The fraction of sp³-hybridized carbons (Fsp3) is 0.474. The van der Waals surface area contributed by atoms with Crippen molar-refractivity contribution in [3.05, 3.63) is 42.0 Å². The lowest BCUT2D eigenvalue weighted by Gasteiger charge is -2.35. The van der Waals surface area contributed by atoms with E-state index in [1.165, 1.54) is 48.6 Å². The first-order chi connectivity index (χ1) is 10.3. The number of nitrogens with zero attached hydrogens (tertiary/aromatic N) is 1. The Morgan fingerprint density at radius 2 is 1.90 bits per heavy atom. The molecule has 0 N–H and O–H groups in total. The Morgan fingerprint density at radius 1 is 1.10 bits per heavy atom. The molecule has 1 atom stereocenters. The molecule has 1 saturated heterocycles. The Bertz CT molecular complexity index is 608. The third-order valence-electron chi connectivity index (χ3n) is 4.79. The Kier molecular flexibility index (Phi) is 4.45. The molecule has 1 unspecified atom stereocenters. The van der Waals surface area contributed by atoms with E-state index in [1.807, 2.05) is 0 Å². The molecule has 1 aliphatic heterocycles. The average Bonchev–Trinajstić information content (AvgIpc) is 2.55. The molecule has 0 bridgehead atoms. The minimum atomic E-state index is 0.750. The zero-order chi connectivity index (χ0) is 14.7. The fourth-order valence-corrected chi connectivity index (χ4v) is 3.60. The fourth-order valence-electron chi connectivity index (χ4n) is 3.60. The number of methoxy groups -OCH3 is 1. The largest absolute Gasteiger partial charge is 0.496 e. The molecule has 2 aromatic carbocycles. The SMILES string of the molecule is CCC1CCCCN1Cc1ccc(OC)c2ccccc12. The van der Waals surface area contributed by atoms with Gasteiger partial charge in [-0.2, -0.15) is 0 Å². The van der Waals surface area contributed by atoms with E-state index in [0.29, 0.717) is 0 Å². The number of rotatable bonds is 4. The van der Waals surface area contributed by atoms with Crippen molar-refractivity contribution >= 4 is 10.8 Å². The minimum absolute atomic E-state index is 0.750. The first kappa shape index (κ1) is 14.4. The maximum Gasteiger partial charge on any atom is 0.126 e. The smallest absolute Gasteiger partial charge is 0.126 e. The van der Waals surface area contributed by atoms with E-state index in [0.717, 1.165) is 18.3 Å². The van der Waals surface area contributed by atoms with Crippen molar-refractivity contribution in [2.75, 3.05) is 13.7 Å². The summed E-state index contributed by atoms with van der Waals surface area (Å²) in [6, 6.07) is 13.7. The van der Waals surface area contributed by atoms with E-state index in [9.17, 15) is 0 Å². The van der Waals surface area contributed by atoms with Gasteiger partial charge in [-0.3, -0.25) is 4.90 Å². The van der Waals surface area contributed by atoms with E-state index in [-0.39, 0.29) is 0 Å². The Morgan fingerprint density at radius 3 is 2.67 bits per heavy atom. The second-order valence-electron chi connectivity index (χ2n) is 6.00. The molecule has 21 heavy (non-hydrogen) atoms. The maximum atomic E-state index is 5.50. The van der Waals surface area contributed by atoms with Gasteiger partial charge in [0.15, 0.2) is 0 Å². The topological polar surface area (TPSA) is 12.5 Å². The van der Waals surface area contributed by atoms with Gasteiger partial charge >= 0.3 is 0 Å². The highest BCUT2D eigenvalue weighted by Gasteiger charge is 2.21. The van der Waals surface area contributed by atoms with Gasteiger partial charge in [-0.25, -0.2) is 0 Å². The van der Waals surface area contributed by atoms with Crippen LogP contribution < -0.4 is 4.74 Å². The molecule has 0 aromatic heterocycles. The van der Waals surface area contributed by atoms with E-state index in [1.54, 1.807) is 7.11 Å². The normalized spacial score (nSPS) is 19.8. The van der Waals surface area contributed by atoms with Crippen LogP contribution in [0.2, 0.25) is 0 Å². The highest BCUT2D eigenvalue weighted by molar-refractivity contribution is 5.91. The number of benzene rings is 2. The van der Waals surface area contributed by atoms with Gasteiger partial charge in [0, 0.05) is 18.0 Å². The number of hydrogen-bond acceptors (Lipinski definition) is 2. The van der Waals surface area contributed by atoms with Gasteiger partial charge in [-0.05, 0) is 42.8 Å². The standard InChI is InChI=1S/C19H25NO/c1-3-16-8-6-7-13-20(16)14-15-11-12-19(21-2)18-10-5-4-9-17(15)18/h4-5,9-12,16H,3,6-8,13-14H2,1-2H3. The van der Waals surface area contributed by atoms with E-state index in [4.69, 9.17) is 4.74 Å². The Labute approximate surface area is 127 Å². The number of ether oxygens (including phenoxy) is 1. The highest BCUT2D eigenvalue weighted by Crippen LogP contribution is 2.30. The zero-order valence-corrected chi connectivity index (χ0v) is 13.1. The summed E-state index contributed by atoms with van der Waals surface area (Å²) in [5, 5.41) is 2.56. The summed E-state index contributed by atoms with van der Waals surface area (Å²) in [7, 11) is 1.75. The Hall–Kier alpha value is -1.54. The van der Waals surface area contributed by atoms with Gasteiger partial charge in [0.05, 0.1) is 7.11 Å². The summed E-state index contributed by atoms with van der Waals surface area (Å²) in [5.41, 5.74) is 1.42. The molecule has 112 valence electrons. The van der Waals surface area contributed by atoms with Crippen LogP contribution in [0.4, 0.5) is 0 Å². The van der Waals surface area contributed by atoms with E-state index >= 15 is 0 Å². The first-order valence-electron chi connectivity index (χ1n) is 8.12. The van der Waals surface area contributed by atoms with Crippen LogP contribution in [0.15, 0.2) is 36.4 Å². The summed E-state index contributed by atoms with van der Waals surface area (Å²) in [6.45, 7) is 4.61. The molecule has 2 aromatic rings.